The van der Waals surface area contributed by atoms with E-state index in [0.717, 1.165) is 5.56 Å². The lowest BCUT2D eigenvalue weighted by Gasteiger charge is -2.06. The van der Waals surface area contributed by atoms with Crippen LogP contribution in [0.2, 0.25) is 0 Å². The second-order valence-corrected chi connectivity index (χ2v) is 3.75. The third-order valence-electron chi connectivity index (χ3n) is 2.41. The number of aromatic nitrogens is 2. The molecule has 4 N–H and O–H groups in total. The fourth-order valence-corrected chi connectivity index (χ4v) is 1.55. The smallest absolute Gasteiger partial charge is 0.320 e. The molecule has 6 heteroatoms. The number of nitrogens with one attached hydrogen (secondary N) is 1. The number of aromatic amines is 1. The van der Waals surface area contributed by atoms with Crippen molar-refractivity contribution >= 4 is 17.0 Å². The highest BCUT2D eigenvalue weighted by Gasteiger charge is 2.12. The maximum absolute atomic E-state index is 11.0. The van der Waals surface area contributed by atoms with Crippen molar-refractivity contribution in [3.05, 3.63) is 40.3 Å². The van der Waals surface area contributed by atoms with Crippen molar-refractivity contribution in [2.45, 2.75) is 12.5 Å². The highest BCUT2D eigenvalue weighted by atomic mass is 16.4. The van der Waals surface area contributed by atoms with Crippen molar-refractivity contribution in [3.8, 4) is 0 Å². The summed E-state index contributed by atoms with van der Waals surface area (Å²) < 4.78 is 0. The van der Waals surface area contributed by atoms with Crippen LogP contribution >= 0.6 is 0 Å². The lowest BCUT2D eigenvalue weighted by molar-refractivity contribution is -0.138. The topological polar surface area (TPSA) is 109 Å². The summed E-state index contributed by atoms with van der Waals surface area (Å²) in [6, 6.07) is 4.19. The Hall–Kier alpha value is -2.21. The Morgan fingerprint density at radius 1 is 1.53 bits per heavy atom. The molecule has 6 nitrogen and oxygen atoms in total. The van der Waals surface area contributed by atoms with E-state index in [9.17, 15) is 9.59 Å². The molecule has 0 bridgehead atoms. The Morgan fingerprint density at radius 3 is 3.00 bits per heavy atom. The van der Waals surface area contributed by atoms with Crippen LogP contribution in [0.15, 0.2) is 29.2 Å². The zero-order valence-corrected chi connectivity index (χ0v) is 8.88. The summed E-state index contributed by atoms with van der Waals surface area (Å²) in [5.74, 6) is -1.04. The van der Waals surface area contributed by atoms with Crippen LogP contribution < -0.4 is 11.3 Å². The molecule has 0 saturated carbocycles. The Morgan fingerprint density at radius 2 is 2.29 bits per heavy atom. The molecule has 0 spiro atoms. The molecule has 1 aromatic heterocycles. The van der Waals surface area contributed by atoms with Gasteiger partial charge in [0.15, 0.2) is 0 Å². The van der Waals surface area contributed by atoms with Crippen LogP contribution in [-0.4, -0.2) is 27.1 Å². The molecular weight excluding hydrogens is 222 g/mol. The highest BCUT2D eigenvalue weighted by Crippen LogP contribution is 2.11. The van der Waals surface area contributed by atoms with E-state index in [0.29, 0.717) is 11.0 Å². The first-order chi connectivity index (χ1) is 8.06. The van der Waals surface area contributed by atoms with E-state index >= 15 is 0 Å². The predicted molar refractivity (Wildman–Crippen MR) is 61.7 cm³/mol. The fraction of sp³-hybridized carbons (Fsp3) is 0.182. The minimum atomic E-state index is -1.04. The van der Waals surface area contributed by atoms with E-state index in [1.807, 2.05) is 0 Å². The van der Waals surface area contributed by atoms with E-state index in [-0.39, 0.29) is 12.0 Å². The molecule has 1 heterocycles. The average Bonchev–Trinajstić information content (AvgIpc) is 2.29. The molecule has 0 aliphatic heterocycles. The molecule has 1 atom stereocenters. The lowest BCUT2D eigenvalue weighted by atomic mass is 10.1. The van der Waals surface area contributed by atoms with Crippen LogP contribution in [0.25, 0.3) is 11.0 Å². The number of H-pyrrole nitrogens is 1. The molecule has 17 heavy (non-hydrogen) atoms. The quantitative estimate of drug-likeness (QED) is 0.684. The van der Waals surface area contributed by atoms with E-state index < -0.39 is 12.0 Å². The number of carboxylic acids is 1. The molecule has 1 aromatic carbocycles. The van der Waals surface area contributed by atoms with E-state index in [2.05, 4.69) is 9.97 Å². The van der Waals surface area contributed by atoms with Crippen LogP contribution in [0, 0.1) is 0 Å². The maximum Gasteiger partial charge on any atom is 0.320 e. The molecule has 0 fully saturated rings. The van der Waals surface area contributed by atoms with Gasteiger partial charge in [0.1, 0.15) is 6.04 Å². The summed E-state index contributed by atoms with van der Waals surface area (Å²) in [5, 5.41) is 8.70. The Labute approximate surface area is 96.1 Å². The van der Waals surface area contributed by atoms with Gasteiger partial charge in [0.25, 0.3) is 5.56 Å². The van der Waals surface area contributed by atoms with Crippen LogP contribution in [0.1, 0.15) is 5.56 Å². The van der Waals surface area contributed by atoms with Crippen molar-refractivity contribution in [2.24, 2.45) is 5.73 Å². The molecule has 0 aliphatic rings. The number of hydrogen-bond donors (Lipinski definition) is 3. The number of fused-ring (bicyclic) bond motifs is 1. The summed E-state index contributed by atoms with van der Waals surface area (Å²) in [6.45, 7) is 0. The molecule has 88 valence electrons. The molecular formula is C11H11N3O3. The average molecular weight is 233 g/mol. The second-order valence-electron chi connectivity index (χ2n) is 3.75. The van der Waals surface area contributed by atoms with Crippen LogP contribution in [0.3, 0.4) is 0 Å². The molecule has 1 unspecified atom stereocenters. The third-order valence-corrected chi connectivity index (χ3v) is 2.41. The van der Waals surface area contributed by atoms with Gasteiger partial charge in [-0.05, 0) is 24.1 Å². The van der Waals surface area contributed by atoms with Crippen LogP contribution in [0.4, 0.5) is 0 Å². The largest absolute Gasteiger partial charge is 0.480 e. The summed E-state index contributed by atoms with van der Waals surface area (Å²) in [4.78, 5) is 28.2. The van der Waals surface area contributed by atoms with E-state index in [1.165, 1.54) is 6.20 Å². The van der Waals surface area contributed by atoms with Gasteiger partial charge in [0, 0.05) is 0 Å². The number of carboxylic acid groups (broad SMARTS) is 1. The molecule has 0 saturated heterocycles. The first-order valence-corrected chi connectivity index (χ1v) is 5.02. The van der Waals surface area contributed by atoms with Gasteiger partial charge in [-0.2, -0.15) is 0 Å². The van der Waals surface area contributed by atoms with Gasteiger partial charge < -0.3 is 15.8 Å². The monoisotopic (exact) mass is 233 g/mol. The van der Waals surface area contributed by atoms with Crippen molar-refractivity contribution in [1.82, 2.24) is 9.97 Å². The minimum absolute atomic E-state index is 0.228. The fourth-order valence-electron chi connectivity index (χ4n) is 1.55. The summed E-state index contributed by atoms with van der Waals surface area (Å²) in [7, 11) is 0. The summed E-state index contributed by atoms with van der Waals surface area (Å²) in [6.07, 6.45) is 1.41. The SMILES string of the molecule is NC(Cc1ccc2[nH]c(=O)cnc2c1)C(=O)O. The molecule has 2 aromatic rings. The van der Waals surface area contributed by atoms with E-state index in [1.54, 1.807) is 18.2 Å². The number of benzene rings is 1. The number of nitrogens with zero attached hydrogens (tertiary/aromatic N) is 1. The number of carbonyl (C=O) groups is 1. The highest BCUT2D eigenvalue weighted by molar-refractivity contribution is 5.76. The Balaban J connectivity index is 2.35. The van der Waals surface area contributed by atoms with Gasteiger partial charge in [-0.3, -0.25) is 9.59 Å². The molecule has 0 amide bonds. The van der Waals surface area contributed by atoms with Gasteiger partial charge in [-0.25, -0.2) is 4.98 Å². The van der Waals surface area contributed by atoms with Gasteiger partial charge >= 0.3 is 5.97 Å². The Bertz CT molecular complexity index is 621. The van der Waals surface area contributed by atoms with E-state index in [4.69, 9.17) is 10.8 Å². The predicted octanol–water partition coefficient (Wildman–Crippen LogP) is -0.123. The zero-order chi connectivity index (χ0) is 12.4. The zero-order valence-electron chi connectivity index (χ0n) is 8.88. The molecule has 0 radical (unpaired) electrons. The number of nitrogens with two attached hydrogens (primary N) is 1. The number of rotatable bonds is 3. The number of hydrogen-bond acceptors (Lipinski definition) is 4. The summed E-state index contributed by atoms with van der Waals surface area (Å²) in [5.41, 5.74) is 7.17. The van der Waals surface area contributed by atoms with Crippen molar-refractivity contribution in [1.29, 1.82) is 0 Å². The van der Waals surface area contributed by atoms with Gasteiger partial charge in [-0.1, -0.05) is 6.07 Å². The van der Waals surface area contributed by atoms with Crippen LogP contribution in [0.5, 0.6) is 0 Å². The standard InChI is InChI=1S/C11H11N3O3/c12-7(11(16)17)3-6-1-2-8-9(4-6)13-5-10(15)14-8/h1-2,4-5,7H,3,12H2,(H,14,15)(H,16,17). The summed E-state index contributed by atoms with van der Waals surface area (Å²) >= 11 is 0. The van der Waals surface area contributed by atoms with Gasteiger partial charge in [0.2, 0.25) is 0 Å². The Kier molecular flexibility index (Phi) is 2.88. The number of aliphatic carboxylic acids is 1. The van der Waals surface area contributed by atoms with Crippen molar-refractivity contribution in [2.75, 3.05) is 0 Å². The third kappa shape index (κ3) is 2.48. The van der Waals surface area contributed by atoms with Crippen molar-refractivity contribution < 1.29 is 9.90 Å². The first-order valence-electron chi connectivity index (χ1n) is 5.02. The van der Waals surface area contributed by atoms with Gasteiger partial charge in [-0.15, -0.1) is 0 Å². The van der Waals surface area contributed by atoms with Crippen molar-refractivity contribution in [3.63, 3.8) is 0 Å². The normalized spacial score (nSPS) is 12.5. The molecule has 2 rings (SSSR count). The first kappa shape index (κ1) is 11.3. The minimum Gasteiger partial charge on any atom is -0.480 e. The molecule has 0 aliphatic carbocycles. The van der Waals surface area contributed by atoms with Crippen LogP contribution in [-0.2, 0) is 11.2 Å². The van der Waals surface area contributed by atoms with Gasteiger partial charge in [0.05, 0.1) is 17.2 Å². The lowest BCUT2D eigenvalue weighted by Crippen LogP contribution is -2.32. The second kappa shape index (κ2) is 4.34. The maximum atomic E-state index is 11.0.